The van der Waals surface area contributed by atoms with Crippen LogP contribution in [0.1, 0.15) is 38.5 Å². The predicted octanol–water partition coefficient (Wildman–Crippen LogP) is 1.19. The molecule has 0 saturated heterocycles. The van der Waals surface area contributed by atoms with E-state index in [-0.39, 0.29) is 24.5 Å². The number of carbonyl (C=O) groups is 2. The van der Waals surface area contributed by atoms with Crippen LogP contribution in [0.5, 0.6) is 0 Å². The Balaban J connectivity index is 1.89. The Bertz CT molecular complexity index is 416. The van der Waals surface area contributed by atoms with E-state index in [2.05, 4.69) is 10.4 Å². The maximum atomic E-state index is 11.9. The van der Waals surface area contributed by atoms with Gasteiger partial charge < -0.3 is 15.2 Å². The molecule has 20 heavy (non-hydrogen) atoms. The van der Waals surface area contributed by atoms with E-state index in [0.29, 0.717) is 13.0 Å². The van der Waals surface area contributed by atoms with Gasteiger partial charge >= 0.3 is 6.09 Å². The highest BCUT2D eigenvalue weighted by atomic mass is 16.5. The molecular weight excluding hydrogens is 262 g/mol. The van der Waals surface area contributed by atoms with E-state index < -0.39 is 6.09 Å². The highest BCUT2D eigenvalue weighted by Gasteiger charge is 2.38. The van der Waals surface area contributed by atoms with E-state index in [0.717, 1.165) is 31.4 Å². The van der Waals surface area contributed by atoms with Crippen LogP contribution in [0, 0.1) is 0 Å². The van der Waals surface area contributed by atoms with Crippen LogP contribution in [-0.2, 0) is 9.53 Å². The fourth-order valence-corrected chi connectivity index (χ4v) is 2.82. The second-order valence-corrected chi connectivity index (χ2v) is 5.37. The molecule has 0 bridgehead atoms. The van der Waals surface area contributed by atoms with Gasteiger partial charge in [-0.2, -0.15) is 5.10 Å². The number of ether oxygens (including phenoxy) is 1. The number of carboxylic acid groups (broad SMARTS) is 1. The molecule has 2 N–H and O–H groups in total. The summed E-state index contributed by atoms with van der Waals surface area (Å²) in [4.78, 5) is 22.3. The Morgan fingerprint density at radius 1 is 1.50 bits per heavy atom. The van der Waals surface area contributed by atoms with Gasteiger partial charge in [-0.15, -0.1) is 0 Å². The first-order valence-electron chi connectivity index (χ1n) is 6.93. The Hall–Kier alpha value is -1.63. The van der Waals surface area contributed by atoms with Crippen molar-refractivity contribution in [3.05, 3.63) is 0 Å². The first-order valence-corrected chi connectivity index (χ1v) is 6.93. The highest BCUT2D eigenvalue weighted by Crippen LogP contribution is 2.34. The van der Waals surface area contributed by atoms with Crippen LogP contribution in [0.4, 0.5) is 4.79 Å². The molecule has 0 aromatic carbocycles. The zero-order valence-corrected chi connectivity index (χ0v) is 11.7. The van der Waals surface area contributed by atoms with Crippen molar-refractivity contribution < 1.29 is 19.4 Å². The second-order valence-electron chi connectivity index (χ2n) is 5.37. The van der Waals surface area contributed by atoms with Gasteiger partial charge in [0.05, 0.1) is 18.6 Å². The van der Waals surface area contributed by atoms with Gasteiger partial charge in [0.15, 0.2) is 0 Å². The van der Waals surface area contributed by atoms with E-state index in [1.807, 2.05) is 0 Å². The number of methoxy groups -OCH3 is 1. The van der Waals surface area contributed by atoms with Crippen molar-refractivity contribution in [2.45, 2.75) is 44.1 Å². The van der Waals surface area contributed by atoms with Gasteiger partial charge in [-0.3, -0.25) is 4.79 Å². The minimum atomic E-state index is -1.06. The van der Waals surface area contributed by atoms with Crippen LogP contribution >= 0.6 is 0 Å². The summed E-state index contributed by atoms with van der Waals surface area (Å²) < 4.78 is 5.60. The molecule has 2 aliphatic rings. The van der Waals surface area contributed by atoms with Crippen LogP contribution in [0.25, 0.3) is 0 Å². The summed E-state index contributed by atoms with van der Waals surface area (Å²) in [6.45, 7) is 0.781. The largest absolute Gasteiger partial charge is 0.465 e. The molecule has 7 nitrogen and oxygen atoms in total. The number of amides is 2. The molecule has 112 valence electrons. The number of rotatable bonds is 6. The van der Waals surface area contributed by atoms with Crippen LogP contribution in [0.3, 0.4) is 0 Å². The van der Waals surface area contributed by atoms with E-state index in [1.54, 1.807) is 7.11 Å². The normalized spacial score (nSPS) is 21.1. The zero-order valence-electron chi connectivity index (χ0n) is 11.7. The lowest BCUT2D eigenvalue weighted by Crippen LogP contribution is -2.41. The van der Waals surface area contributed by atoms with Gasteiger partial charge in [0, 0.05) is 25.8 Å². The molecule has 0 atom stereocenters. The quantitative estimate of drug-likeness (QED) is 0.766. The Kier molecular flexibility index (Phi) is 4.59. The third kappa shape index (κ3) is 3.47. The molecule has 2 amide bonds. The molecule has 7 heteroatoms. The summed E-state index contributed by atoms with van der Waals surface area (Å²) in [6, 6.07) is 0. The topological polar surface area (TPSA) is 91.2 Å². The molecule has 0 unspecified atom stereocenters. The zero-order chi connectivity index (χ0) is 14.6. The predicted molar refractivity (Wildman–Crippen MR) is 72.6 cm³/mol. The van der Waals surface area contributed by atoms with Gasteiger partial charge in [-0.25, -0.2) is 9.80 Å². The van der Waals surface area contributed by atoms with Gasteiger partial charge in [0.2, 0.25) is 5.91 Å². The van der Waals surface area contributed by atoms with Crippen LogP contribution in [0.2, 0.25) is 0 Å². The van der Waals surface area contributed by atoms with E-state index in [9.17, 15) is 9.59 Å². The third-order valence-electron chi connectivity index (χ3n) is 3.98. The lowest BCUT2D eigenvalue weighted by atomic mass is 10.0. The summed E-state index contributed by atoms with van der Waals surface area (Å²) in [7, 11) is 1.69. The molecule has 1 aliphatic carbocycles. The molecule has 0 radical (unpaired) electrons. The first kappa shape index (κ1) is 14.8. The Labute approximate surface area is 118 Å². The van der Waals surface area contributed by atoms with Crippen LogP contribution in [0.15, 0.2) is 5.10 Å². The highest BCUT2D eigenvalue weighted by molar-refractivity contribution is 6.05. The molecule has 2 rings (SSSR count). The number of nitrogens with zero attached hydrogens (tertiary/aromatic N) is 2. The third-order valence-corrected chi connectivity index (χ3v) is 3.98. The number of hydrogen-bond acceptors (Lipinski definition) is 4. The Morgan fingerprint density at radius 2 is 2.20 bits per heavy atom. The standard InChI is InChI=1S/C13H21N3O4/c1-20-13(5-2-3-6-13)9-16-11(17)8-10(15-16)4-7-14-12(18)19/h14H,2-9H2,1H3,(H,18,19). The smallest absolute Gasteiger partial charge is 0.404 e. The van der Waals surface area contributed by atoms with Crippen molar-refractivity contribution in [2.75, 3.05) is 20.2 Å². The van der Waals surface area contributed by atoms with Gasteiger partial charge in [0.1, 0.15) is 0 Å². The average molecular weight is 283 g/mol. The van der Waals surface area contributed by atoms with E-state index in [4.69, 9.17) is 9.84 Å². The lowest BCUT2D eigenvalue weighted by Gasteiger charge is -2.30. The summed E-state index contributed by atoms with van der Waals surface area (Å²) in [5, 5.41) is 16.6. The van der Waals surface area contributed by atoms with Crippen molar-refractivity contribution >= 4 is 17.7 Å². The molecule has 1 aliphatic heterocycles. The van der Waals surface area contributed by atoms with E-state index in [1.165, 1.54) is 5.01 Å². The van der Waals surface area contributed by atoms with E-state index >= 15 is 0 Å². The lowest BCUT2D eigenvalue weighted by molar-refractivity contribution is -0.133. The minimum absolute atomic E-state index is 0.0290. The fourth-order valence-electron chi connectivity index (χ4n) is 2.82. The fraction of sp³-hybridized carbons (Fsp3) is 0.769. The van der Waals surface area contributed by atoms with Crippen LogP contribution in [-0.4, -0.2) is 53.6 Å². The Morgan fingerprint density at radius 3 is 2.80 bits per heavy atom. The molecule has 1 saturated carbocycles. The number of nitrogens with one attached hydrogen (secondary N) is 1. The van der Waals surface area contributed by atoms with Crippen LogP contribution < -0.4 is 5.32 Å². The van der Waals surface area contributed by atoms with Crippen molar-refractivity contribution in [2.24, 2.45) is 5.10 Å². The number of hydrazone groups is 1. The summed E-state index contributed by atoms with van der Waals surface area (Å²) in [5.41, 5.74) is 0.474. The van der Waals surface area contributed by atoms with Crippen molar-refractivity contribution in [1.82, 2.24) is 10.3 Å². The summed E-state index contributed by atoms with van der Waals surface area (Å²) in [6.07, 6.45) is 3.84. The molecule has 1 heterocycles. The minimum Gasteiger partial charge on any atom is -0.465 e. The molecule has 0 aromatic heterocycles. The van der Waals surface area contributed by atoms with Crippen molar-refractivity contribution in [3.63, 3.8) is 0 Å². The van der Waals surface area contributed by atoms with Crippen molar-refractivity contribution in [1.29, 1.82) is 0 Å². The van der Waals surface area contributed by atoms with Gasteiger partial charge in [0.25, 0.3) is 0 Å². The molecule has 1 fully saturated rings. The maximum Gasteiger partial charge on any atom is 0.404 e. The number of carbonyl (C=O) groups excluding carboxylic acids is 1. The second kappa shape index (κ2) is 6.21. The molecular formula is C13H21N3O4. The monoisotopic (exact) mass is 283 g/mol. The molecule has 0 aromatic rings. The SMILES string of the molecule is COC1(CN2N=C(CCNC(=O)O)CC2=O)CCCC1. The average Bonchev–Trinajstić information content (AvgIpc) is 2.98. The maximum absolute atomic E-state index is 11.9. The first-order chi connectivity index (χ1) is 9.54. The number of hydrogen-bond donors (Lipinski definition) is 2. The van der Waals surface area contributed by atoms with Crippen molar-refractivity contribution in [3.8, 4) is 0 Å². The van der Waals surface area contributed by atoms with Gasteiger partial charge in [-0.1, -0.05) is 12.8 Å². The molecule has 0 spiro atoms. The summed E-state index contributed by atoms with van der Waals surface area (Å²) in [5.74, 6) is -0.0290. The van der Waals surface area contributed by atoms with Gasteiger partial charge in [-0.05, 0) is 12.8 Å². The summed E-state index contributed by atoms with van der Waals surface area (Å²) >= 11 is 0.